The zero-order chi connectivity index (χ0) is 15.4. The van der Waals surface area contributed by atoms with Gasteiger partial charge in [-0.25, -0.2) is 0 Å². The molecule has 0 unspecified atom stereocenters. The highest BCUT2D eigenvalue weighted by molar-refractivity contribution is 6.09. The number of phenolic OH excluding ortho intramolecular Hbond substituents is 2. The largest absolute Gasteiger partial charge is 0.507 e. The average molecular weight is 286 g/mol. The predicted octanol–water partition coefficient (Wildman–Crippen LogP) is 2.22. The van der Waals surface area contributed by atoms with Crippen molar-refractivity contribution in [1.29, 1.82) is 0 Å². The smallest absolute Gasteiger partial charge is 0.265 e. The molecule has 0 heterocycles. The van der Waals surface area contributed by atoms with Gasteiger partial charge in [0.15, 0.2) is 0 Å². The minimum Gasteiger partial charge on any atom is -0.507 e. The van der Waals surface area contributed by atoms with Crippen LogP contribution in [0.4, 0.5) is 5.69 Å². The fourth-order valence-electron chi connectivity index (χ4n) is 2.14. The highest BCUT2D eigenvalue weighted by atomic mass is 16.3. The van der Waals surface area contributed by atoms with Crippen LogP contribution >= 0.6 is 0 Å². The number of hydrogen-bond acceptors (Lipinski definition) is 4. The molecule has 2 rings (SSSR count). The van der Waals surface area contributed by atoms with Crippen LogP contribution in [0, 0.1) is 0 Å². The monoisotopic (exact) mass is 286 g/mol. The summed E-state index contributed by atoms with van der Waals surface area (Å²) in [5.74, 6) is -0.928. The third-order valence-electron chi connectivity index (χ3n) is 3.28. The first kappa shape index (κ1) is 14.9. The van der Waals surface area contributed by atoms with Crippen LogP contribution in [0.25, 0.3) is 0 Å². The topological polar surface area (TPSA) is 86.8 Å². The molecule has 5 nitrogen and oxygen atoms in total. The summed E-state index contributed by atoms with van der Waals surface area (Å²) in [6.07, 6.45) is 0. The number of carbonyl (C=O) groups excluding carboxylic acids is 1. The van der Waals surface area contributed by atoms with E-state index in [0.717, 1.165) is 5.56 Å². The lowest BCUT2D eigenvalue weighted by molar-refractivity contribution is 0.0983. The van der Waals surface area contributed by atoms with E-state index in [9.17, 15) is 15.0 Å². The lowest BCUT2D eigenvalue weighted by Gasteiger charge is -2.22. The molecule has 1 amide bonds. The number of nitrogens with two attached hydrogens (primary N) is 1. The summed E-state index contributed by atoms with van der Waals surface area (Å²) in [6.45, 7) is 2.67. The molecule has 0 aromatic heterocycles. The number of nitrogens with zero attached hydrogens (tertiary/aromatic N) is 1. The first-order valence-electron chi connectivity index (χ1n) is 6.70. The average Bonchev–Trinajstić information content (AvgIpc) is 2.48. The summed E-state index contributed by atoms with van der Waals surface area (Å²) in [6, 6.07) is 11.5. The molecule has 5 heteroatoms. The van der Waals surface area contributed by atoms with Gasteiger partial charge in [0.25, 0.3) is 5.91 Å². The van der Waals surface area contributed by atoms with Gasteiger partial charge in [-0.2, -0.15) is 0 Å². The number of aromatic hydroxyl groups is 2. The zero-order valence-corrected chi connectivity index (χ0v) is 11.8. The molecule has 0 saturated carbocycles. The second-order valence-corrected chi connectivity index (χ2v) is 4.59. The van der Waals surface area contributed by atoms with Crippen LogP contribution < -0.4 is 10.6 Å². The zero-order valence-electron chi connectivity index (χ0n) is 11.8. The molecule has 0 saturated heterocycles. The van der Waals surface area contributed by atoms with Crippen molar-refractivity contribution in [2.24, 2.45) is 5.73 Å². The van der Waals surface area contributed by atoms with Gasteiger partial charge in [-0.05, 0) is 36.8 Å². The quantitative estimate of drug-likeness (QED) is 0.804. The Balaban J connectivity index is 2.38. The van der Waals surface area contributed by atoms with E-state index >= 15 is 0 Å². The molecule has 0 fully saturated rings. The molecule has 0 radical (unpaired) electrons. The minimum atomic E-state index is -0.450. The van der Waals surface area contributed by atoms with E-state index in [-0.39, 0.29) is 17.1 Å². The number of anilines is 1. The van der Waals surface area contributed by atoms with Crippen LogP contribution in [0.15, 0.2) is 42.5 Å². The lowest BCUT2D eigenvalue weighted by atomic mass is 10.1. The van der Waals surface area contributed by atoms with Gasteiger partial charge in [0, 0.05) is 18.8 Å². The summed E-state index contributed by atoms with van der Waals surface area (Å²) in [5, 5.41) is 19.6. The van der Waals surface area contributed by atoms with Crippen molar-refractivity contribution in [3.05, 3.63) is 53.6 Å². The van der Waals surface area contributed by atoms with E-state index in [2.05, 4.69) is 0 Å². The third kappa shape index (κ3) is 2.98. The molecule has 0 atom stereocenters. The van der Waals surface area contributed by atoms with Gasteiger partial charge >= 0.3 is 0 Å². The summed E-state index contributed by atoms with van der Waals surface area (Å²) < 4.78 is 0. The van der Waals surface area contributed by atoms with Crippen LogP contribution in [-0.4, -0.2) is 22.7 Å². The Morgan fingerprint density at radius 1 is 1.10 bits per heavy atom. The lowest BCUT2D eigenvalue weighted by Crippen LogP contribution is -2.30. The van der Waals surface area contributed by atoms with Gasteiger partial charge in [0.1, 0.15) is 17.1 Å². The Hall–Kier alpha value is -2.53. The second-order valence-electron chi connectivity index (χ2n) is 4.59. The Morgan fingerprint density at radius 2 is 1.67 bits per heavy atom. The number of phenols is 2. The van der Waals surface area contributed by atoms with E-state index in [4.69, 9.17) is 5.73 Å². The van der Waals surface area contributed by atoms with Crippen LogP contribution in [0.2, 0.25) is 0 Å². The van der Waals surface area contributed by atoms with Crippen molar-refractivity contribution < 1.29 is 15.0 Å². The first-order chi connectivity index (χ1) is 10.1. The van der Waals surface area contributed by atoms with Gasteiger partial charge in [-0.3, -0.25) is 4.79 Å². The first-order valence-corrected chi connectivity index (χ1v) is 6.70. The molecule has 0 aliphatic rings. The van der Waals surface area contributed by atoms with Gasteiger partial charge in [-0.15, -0.1) is 0 Å². The molecule has 21 heavy (non-hydrogen) atoms. The summed E-state index contributed by atoms with van der Waals surface area (Å²) in [4.78, 5) is 14.0. The van der Waals surface area contributed by atoms with Crippen molar-refractivity contribution in [3.8, 4) is 11.5 Å². The minimum absolute atomic E-state index is 0.0951. The molecule has 0 aliphatic carbocycles. The van der Waals surface area contributed by atoms with Crippen LogP contribution in [0.3, 0.4) is 0 Å². The Bertz CT molecular complexity index is 618. The normalized spacial score (nSPS) is 10.4. The van der Waals surface area contributed by atoms with E-state index in [1.54, 1.807) is 12.1 Å². The summed E-state index contributed by atoms with van der Waals surface area (Å²) in [5.41, 5.74) is 7.11. The van der Waals surface area contributed by atoms with Gasteiger partial charge < -0.3 is 20.8 Å². The molecule has 2 aromatic carbocycles. The maximum Gasteiger partial charge on any atom is 0.265 e. The maximum absolute atomic E-state index is 12.6. The van der Waals surface area contributed by atoms with Crippen LogP contribution in [0.5, 0.6) is 11.5 Å². The Morgan fingerprint density at radius 3 is 2.14 bits per heavy atom. The third-order valence-corrected chi connectivity index (χ3v) is 3.28. The molecular formula is C16H18N2O3. The fraction of sp³-hybridized carbons (Fsp3) is 0.188. The van der Waals surface area contributed by atoms with Gasteiger partial charge in [0.2, 0.25) is 0 Å². The van der Waals surface area contributed by atoms with E-state index < -0.39 is 5.91 Å². The van der Waals surface area contributed by atoms with Crippen molar-refractivity contribution >= 4 is 11.6 Å². The number of rotatable bonds is 4. The van der Waals surface area contributed by atoms with E-state index in [1.165, 1.54) is 23.1 Å². The molecule has 110 valence electrons. The standard InChI is InChI=1S/C16H18N2O3/c1-2-18(12-8-6-11(10-17)7-9-12)16(21)15-13(19)4-3-5-14(15)20/h3-9,19-20H,2,10,17H2,1H3. The molecular weight excluding hydrogens is 268 g/mol. The molecule has 0 bridgehead atoms. The highest BCUT2D eigenvalue weighted by Gasteiger charge is 2.22. The number of carbonyl (C=O) groups is 1. The van der Waals surface area contributed by atoms with E-state index in [1.807, 2.05) is 19.1 Å². The number of benzene rings is 2. The van der Waals surface area contributed by atoms with Gasteiger partial charge in [0.05, 0.1) is 0 Å². The van der Waals surface area contributed by atoms with Crippen molar-refractivity contribution in [2.45, 2.75) is 13.5 Å². The number of amides is 1. The SMILES string of the molecule is CCN(C(=O)c1c(O)cccc1O)c1ccc(CN)cc1. The maximum atomic E-state index is 12.6. The van der Waals surface area contributed by atoms with Crippen LogP contribution in [-0.2, 0) is 6.54 Å². The van der Waals surface area contributed by atoms with Crippen molar-refractivity contribution in [2.75, 3.05) is 11.4 Å². The van der Waals surface area contributed by atoms with Gasteiger partial charge in [-0.1, -0.05) is 18.2 Å². The van der Waals surface area contributed by atoms with Crippen molar-refractivity contribution in [1.82, 2.24) is 0 Å². The summed E-state index contributed by atoms with van der Waals surface area (Å²) >= 11 is 0. The fourth-order valence-corrected chi connectivity index (χ4v) is 2.14. The molecule has 0 aliphatic heterocycles. The van der Waals surface area contributed by atoms with Crippen LogP contribution in [0.1, 0.15) is 22.8 Å². The molecule has 2 aromatic rings. The second kappa shape index (κ2) is 6.28. The highest BCUT2D eigenvalue weighted by Crippen LogP contribution is 2.29. The number of hydrogen-bond donors (Lipinski definition) is 3. The summed E-state index contributed by atoms with van der Waals surface area (Å²) in [7, 11) is 0. The molecule has 0 spiro atoms. The molecule has 4 N–H and O–H groups in total. The predicted molar refractivity (Wildman–Crippen MR) is 81.5 cm³/mol. The van der Waals surface area contributed by atoms with Crippen molar-refractivity contribution in [3.63, 3.8) is 0 Å². The Labute approximate surface area is 123 Å². The Kier molecular flexibility index (Phi) is 4.45. The van der Waals surface area contributed by atoms with E-state index in [0.29, 0.717) is 18.8 Å².